The Kier molecular flexibility index (Phi) is 2.63. The van der Waals surface area contributed by atoms with E-state index >= 15 is 0 Å². The number of H-pyrrole nitrogens is 1. The van der Waals surface area contributed by atoms with Gasteiger partial charge in [-0.2, -0.15) is 0 Å². The maximum atomic E-state index is 5.76. The fourth-order valence-electron chi connectivity index (χ4n) is 2.48. The van der Waals surface area contributed by atoms with E-state index in [4.69, 9.17) is 9.15 Å². The molecule has 4 heterocycles. The molecule has 3 aromatic heterocycles. The second-order valence-electron chi connectivity index (χ2n) is 4.62. The number of rotatable bonds is 2. The molecule has 3 aromatic rings. The quantitative estimate of drug-likeness (QED) is 0.761. The third-order valence-electron chi connectivity index (χ3n) is 3.43. The van der Waals surface area contributed by atoms with Gasteiger partial charge in [0.1, 0.15) is 23.7 Å². The van der Waals surface area contributed by atoms with Crippen molar-refractivity contribution < 1.29 is 9.15 Å². The van der Waals surface area contributed by atoms with Crippen LogP contribution in [0.15, 0.2) is 35.5 Å². The van der Waals surface area contributed by atoms with Crippen molar-refractivity contribution in [3.05, 3.63) is 36.8 Å². The van der Waals surface area contributed by atoms with Gasteiger partial charge in [-0.25, -0.2) is 15.0 Å². The van der Waals surface area contributed by atoms with Crippen LogP contribution in [0.1, 0.15) is 11.9 Å². The molecule has 7 heteroatoms. The van der Waals surface area contributed by atoms with Crippen molar-refractivity contribution >= 4 is 17.0 Å². The highest BCUT2D eigenvalue weighted by molar-refractivity contribution is 5.82. The molecule has 4 rings (SSSR count). The lowest BCUT2D eigenvalue weighted by Crippen LogP contribution is -2.38. The first-order valence-electron chi connectivity index (χ1n) is 6.46. The van der Waals surface area contributed by atoms with E-state index in [9.17, 15) is 0 Å². The van der Waals surface area contributed by atoms with Crippen LogP contribution in [0.2, 0.25) is 0 Å². The molecule has 0 amide bonds. The highest BCUT2D eigenvalue weighted by Crippen LogP contribution is 2.27. The first kappa shape index (κ1) is 11.4. The molecular formula is C13H13N5O2. The number of anilines is 1. The van der Waals surface area contributed by atoms with Crippen LogP contribution in [0.4, 0.5) is 5.82 Å². The zero-order chi connectivity index (χ0) is 13.4. The lowest BCUT2D eigenvalue weighted by atomic mass is 10.2. The summed E-state index contributed by atoms with van der Waals surface area (Å²) in [6, 6.07) is 3.80. The number of hydrogen-bond acceptors (Lipinski definition) is 6. The Hall–Kier alpha value is -2.41. The Bertz CT molecular complexity index is 708. The van der Waals surface area contributed by atoms with Gasteiger partial charge in [-0.15, -0.1) is 0 Å². The van der Waals surface area contributed by atoms with E-state index in [2.05, 4.69) is 24.8 Å². The van der Waals surface area contributed by atoms with Gasteiger partial charge in [-0.3, -0.25) is 0 Å². The summed E-state index contributed by atoms with van der Waals surface area (Å²) in [6.07, 6.45) is 4.75. The van der Waals surface area contributed by atoms with Gasteiger partial charge in [0, 0.05) is 6.54 Å². The SMILES string of the molecule is c1coc(C2CN(c3ncnc4nc[nH]c34)CCO2)c1. The largest absolute Gasteiger partial charge is 0.467 e. The standard InChI is InChI=1S/C13H13N5O2/c1-2-9(19-4-1)10-6-18(3-5-20-10)13-11-12(15-7-14-11)16-8-17-13/h1-2,4,7-8,10H,3,5-6H2,(H,14,15,16,17). The molecule has 0 radical (unpaired) electrons. The van der Waals surface area contributed by atoms with Gasteiger partial charge >= 0.3 is 0 Å². The average molecular weight is 271 g/mol. The molecule has 1 fully saturated rings. The third-order valence-corrected chi connectivity index (χ3v) is 3.43. The number of hydrogen-bond donors (Lipinski definition) is 1. The summed E-state index contributed by atoms with van der Waals surface area (Å²) in [6.45, 7) is 2.10. The molecule has 20 heavy (non-hydrogen) atoms. The number of fused-ring (bicyclic) bond motifs is 1. The van der Waals surface area contributed by atoms with Crippen LogP contribution in [-0.4, -0.2) is 39.6 Å². The predicted octanol–water partition coefficient (Wildman–Crippen LogP) is 1.52. The lowest BCUT2D eigenvalue weighted by Gasteiger charge is -2.32. The van der Waals surface area contributed by atoms with E-state index in [0.29, 0.717) is 18.8 Å². The smallest absolute Gasteiger partial charge is 0.182 e. The summed E-state index contributed by atoms with van der Waals surface area (Å²) in [4.78, 5) is 17.9. The molecular weight excluding hydrogens is 258 g/mol. The summed E-state index contributed by atoms with van der Waals surface area (Å²) in [5.74, 6) is 1.69. The van der Waals surface area contributed by atoms with Gasteiger partial charge in [-0.1, -0.05) is 0 Å². The first-order chi connectivity index (χ1) is 9.92. The first-order valence-corrected chi connectivity index (χ1v) is 6.46. The summed E-state index contributed by atoms with van der Waals surface area (Å²) < 4.78 is 11.2. The monoisotopic (exact) mass is 271 g/mol. The van der Waals surface area contributed by atoms with E-state index in [1.807, 2.05) is 12.1 Å². The second kappa shape index (κ2) is 4.61. The number of nitrogens with one attached hydrogen (secondary N) is 1. The van der Waals surface area contributed by atoms with Crippen molar-refractivity contribution in [2.75, 3.05) is 24.6 Å². The van der Waals surface area contributed by atoms with E-state index < -0.39 is 0 Å². The molecule has 0 bridgehead atoms. The fraction of sp³-hybridized carbons (Fsp3) is 0.308. The molecule has 1 aliphatic heterocycles. The Morgan fingerprint density at radius 3 is 3.20 bits per heavy atom. The lowest BCUT2D eigenvalue weighted by molar-refractivity contribution is 0.0256. The van der Waals surface area contributed by atoms with Crippen LogP contribution in [0.5, 0.6) is 0 Å². The van der Waals surface area contributed by atoms with Crippen LogP contribution in [0.3, 0.4) is 0 Å². The Balaban J connectivity index is 1.66. The van der Waals surface area contributed by atoms with Crippen LogP contribution in [0, 0.1) is 0 Å². The van der Waals surface area contributed by atoms with Crippen molar-refractivity contribution in [1.29, 1.82) is 0 Å². The molecule has 1 atom stereocenters. The summed E-state index contributed by atoms with van der Waals surface area (Å²) in [7, 11) is 0. The number of furan rings is 1. The van der Waals surface area contributed by atoms with Gasteiger partial charge < -0.3 is 19.0 Å². The van der Waals surface area contributed by atoms with Crippen LogP contribution in [0.25, 0.3) is 11.2 Å². The van der Waals surface area contributed by atoms with Crippen molar-refractivity contribution in [3.8, 4) is 0 Å². The molecule has 7 nitrogen and oxygen atoms in total. The molecule has 102 valence electrons. The van der Waals surface area contributed by atoms with Crippen molar-refractivity contribution in [2.45, 2.75) is 6.10 Å². The molecule has 0 aromatic carbocycles. The van der Waals surface area contributed by atoms with Crippen molar-refractivity contribution in [1.82, 2.24) is 19.9 Å². The van der Waals surface area contributed by atoms with E-state index in [-0.39, 0.29) is 6.10 Å². The van der Waals surface area contributed by atoms with Gasteiger partial charge in [0.05, 0.1) is 25.7 Å². The Labute approximate surface area is 114 Å². The molecule has 1 saturated heterocycles. The van der Waals surface area contributed by atoms with Crippen molar-refractivity contribution in [2.24, 2.45) is 0 Å². The molecule has 1 N–H and O–H groups in total. The topological polar surface area (TPSA) is 80.1 Å². The molecule has 0 spiro atoms. The minimum atomic E-state index is -0.0771. The van der Waals surface area contributed by atoms with Crippen molar-refractivity contribution in [3.63, 3.8) is 0 Å². The van der Waals surface area contributed by atoms with Gasteiger partial charge in [0.25, 0.3) is 0 Å². The van der Waals surface area contributed by atoms with Gasteiger partial charge in [0.2, 0.25) is 0 Å². The van der Waals surface area contributed by atoms with Crippen LogP contribution in [-0.2, 0) is 4.74 Å². The predicted molar refractivity (Wildman–Crippen MR) is 71.3 cm³/mol. The maximum Gasteiger partial charge on any atom is 0.182 e. The van der Waals surface area contributed by atoms with Crippen LogP contribution < -0.4 is 4.90 Å². The third kappa shape index (κ3) is 1.83. The molecule has 0 saturated carbocycles. The zero-order valence-electron chi connectivity index (χ0n) is 10.7. The summed E-state index contributed by atoms with van der Waals surface area (Å²) in [5, 5.41) is 0. The summed E-state index contributed by atoms with van der Waals surface area (Å²) in [5.41, 5.74) is 1.53. The van der Waals surface area contributed by atoms with Crippen LogP contribution >= 0.6 is 0 Å². The minimum absolute atomic E-state index is 0.0771. The molecule has 1 unspecified atom stereocenters. The number of ether oxygens (including phenoxy) is 1. The Morgan fingerprint density at radius 1 is 1.30 bits per heavy atom. The summed E-state index contributed by atoms with van der Waals surface area (Å²) >= 11 is 0. The normalized spacial score (nSPS) is 19.6. The number of imidazole rings is 1. The zero-order valence-corrected chi connectivity index (χ0v) is 10.7. The molecule has 1 aliphatic rings. The van der Waals surface area contributed by atoms with E-state index in [0.717, 1.165) is 23.6 Å². The highest BCUT2D eigenvalue weighted by Gasteiger charge is 2.26. The highest BCUT2D eigenvalue weighted by atomic mass is 16.5. The maximum absolute atomic E-state index is 5.76. The number of morpholine rings is 1. The van der Waals surface area contributed by atoms with Gasteiger partial charge in [0.15, 0.2) is 11.5 Å². The average Bonchev–Trinajstić information content (AvgIpc) is 3.18. The van der Waals surface area contributed by atoms with E-state index in [1.165, 1.54) is 6.33 Å². The van der Waals surface area contributed by atoms with E-state index in [1.54, 1.807) is 12.6 Å². The van der Waals surface area contributed by atoms with Gasteiger partial charge in [-0.05, 0) is 12.1 Å². The fourth-order valence-corrected chi connectivity index (χ4v) is 2.48. The minimum Gasteiger partial charge on any atom is -0.467 e. The molecule has 0 aliphatic carbocycles. The second-order valence-corrected chi connectivity index (χ2v) is 4.62. The number of nitrogens with zero attached hydrogens (tertiary/aromatic N) is 4. The Morgan fingerprint density at radius 2 is 2.30 bits per heavy atom. The number of aromatic nitrogens is 4. The number of aromatic amines is 1.